The Morgan fingerprint density at radius 2 is 1.71 bits per heavy atom. The van der Waals surface area contributed by atoms with E-state index >= 15 is 0 Å². The van der Waals surface area contributed by atoms with Gasteiger partial charge in [-0.3, -0.25) is 9.69 Å². The molecule has 5 nitrogen and oxygen atoms in total. The van der Waals surface area contributed by atoms with Gasteiger partial charge in [-0.15, -0.1) is 11.3 Å². The molecule has 1 N–H and O–H groups in total. The third-order valence-electron chi connectivity index (χ3n) is 4.99. The van der Waals surface area contributed by atoms with Crippen LogP contribution in [0.3, 0.4) is 0 Å². The molecule has 0 bridgehead atoms. The molecule has 3 amide bonds. The summed E-state index contributed by atoms with van der Waals surface area (Å²) in [6.07, 6.45) is 1.29. The van der Waals surface area contributed by atoms with Crippen molar-refractivity contribution in [2.75, 3.05) is 0 Å². The minimum Gasteiger partial charge on any atom is -0.323 e. The number of aryl methyl sites for hydroxylation is 1. The Morgan fingerprint density at radius 1 is 1.04 bits per heavy atom. The largest absolute Gasteiger partial charge is 0.325 e. The van der Waals surface area contributed by atoms with Crippen LogP contribution >= 0.6 is 11.3 Å². The van der Waals surface area contributed by atoms with Crippen LogP contribution in [0.2, 0.25) is 0 Å². The molecule has 3 aromatic rings. The van der Waals surface area contributed by atoms with Crippen LogP contribution < -0.4 is 5.32 Å². The van der Waals surface area contributed by atoms with Crippen molar-refractivity contribution in [3.63, 3.8) is 0 Å². The third kappa shape index (κ3) is 3.68. The van der Waals surface area contributed by atoms with Gasteiger partial charge in [0.15, 0.2) is 0 Å². The zero-order valence-corrected chi connectivity index (χ0v) is 16.4. The average molecular weight is 391 g/mol. The summed E-state index contributed by atoms with van der Waals surface area (Å²) >= 11 is 1.52. The van der Waals surface area contributed by atoms with Gasteiger partial charge in [-0.05, 0) is 25.3 Å². The average Bonchev–Trinajstić information content (AvgIpc) is 3.27. The summed E-state index contributed by atoms with van der Waals surface area (Å²) in [6.45, 7) is 1.99. The SMILES string of the molecule is C[C@]1(CCc2ccccc2)NC(=O)N(Cc2csc(-c3ccccc3)n2)C1=O. The van der Waals surface area contributed by atoms with E-state index in [9.17, 15) is 9.59 Å². The molecule has 0 radical (unpaired) electrons. The van der Waals surface area contributed by atoms with E-state index in [1.165, 1.54) is 16.2 Å². The number of urea groups is 1. The second-order valence-corrected chi connectivity index (χ2v) is 8.01. The monoisotopic (exact) mass is 391 g/mol. The molecule has 2 heterocycles. The highest BCUT2D eigenvalue weighted by Gasteiger charge is 2.47. The van der Waals surface area contributed by atoms with Crippen LogP contribution in [-0.4, -0.2) is 27.4 Å². The van der Waals surface area contributed by atoms with Crippen LogP contribution in [0.15, 0.2) is 66.0 Å². The van der Waals surface area contributed by atoms with Crippen molar-refractivity contribution in [1.82, 2.24) is 15.2 Å². The third-order valence-corrected chi connectivity index (χ3v) is 5.93. The second kappa shape index (κ2) is 7.56. The molecule has 1 aliphatic heterocycles. The number of amides is 3. The molecule has 2 aromatic carbocycles. The molecule has 0 spiro atoms. The van der Waals surface area contributed by atoms with E-state index in [1.807, 2.05) is 66.0 Å². The van der Waals surface area contributed by atoms with Gasteiger partial charge >= 0.3 is 6.03 Å². The lowest BCUT2D eigenvalue weighted by Gasteiger charge is -2.21. The number of nitrogens with one attached hydrogen (secondary N) is 1. The van der Waals surface area contributed by atoms with Crippen LogP contribution in [0, 0.1) is 0 Å². The summed E-state index contributed by atoms with van der Waals surface area (Å²) in [6, 6.07) is 19.5. The fourth-order valence-electron chi connectivity index (χ4n) is 3.35. The minimum absolute atomic E-state index is 0.189. The molecule has 6 heteroatoms. The molecule has 4 rings (SSSR count). The van der Waals surface area contributed by atoms with Crippen molar-refractivity contribution in [3.8, 4) is 10.6 Å². The lowest BCUT2D eigenvalue weighted by Crippen LogP contribution is -2.44. The first-order chi connectivity index (χ1) is 13.5. The zero-order valence-electron chi connectivity index (χ0n) is 15.6. The molecular formula is C22H21N3O2S. The van der Waals surface area contributed by atoms with Gasteiger partial charge in [0.05, 0.1) is 12.2 Å². The van der Waals surface area contributed by atoms with Crippen LogP contribution in [0.25, 0.3) is 10.6 Å². The molecule has 0 saturated carbocycles. The molecule has 28 heavy (non-hydrogen) atoms. The highest BCUT2D eigenvalue weighted by atomic mass is 32.1. The number of carbonyl (C=O) groups is 2. The molecule has 1 aliphatic rings. The van der Waals surface area contributed by atoms with Gasteiger partial charge < -0.3 is 5.32 Å². The predicted molar refractivity (Wildman–Crippen MR) is 110 cm³/mol. The molecule has 1 fully saturated rings. The van der Waals surface area contributed by atoms with Gasteiger partial charge in [0.1, 0.15) is 10.5 Å². The predicted octanol–water partition coefficient (Wildman–Crippen LogP) is 4.25. The van der Waals surface area contributed by atoms with Crippen LogP contribution in [0.5, 0.6) is 0 Å². The van der Waals surface area contributed by atoms with Crippen molar-refractivity contribution in [3.05, 3.63) is 77.3 Å². The molecule has 142 valence electrons. The quantitative estimate of drug-likeness (QED) is 0.639. The standard InChI is InChI=1S/C22H21N3O2S/c1-22(13-12-16-8-4-2-5-9-16)20(26)25(21(27)24-22)14-18-15-28-19(23-18)17-10-6-3-7-11-17/h2-11,15H,12-14H2,1H3,(H,24,27)/t22-/m1/s1. The first-order valence-corrected chi connectivity index (χ1v) is 10.1. The smallest absolute Gasteiger partial charge is 0.323 e. The van der Waals surface area contributed by atoms with Crippen molar-refractivity contribution in [1.29, 1.82) is 0 Å². The topological polar surface area (TPSA) is 62.3 Å². The fourth-order valence-corrected chi connectivity index (χ4v) is 4.17. The summed E-state index contributed by atoms with van der Waals surface area (Å²) in [4.78, 5) is 31.3. The number of imide groups is 1. The maximum Gasteiger partial charge on any atom is 0.325 e. The lowest BCUT2D eigenvalue weighted by atomic mass is 9.93. The van der Waals surface area contributed by atoms with Crippen molar-refractivity contribution in [2.45, 2.75) is 31.8 Å². The fraction of sp³-hybridized carbons (Fsp3) is 0.227. The molecule has 0 aliphatic carbocycles. The maximum atomic E-state index is 13.0. The lowest BCUT2D eigenvalue weighted by molar-refractivity contribution is -0.131. The van der Waals surface area contributed by atoms with E-state index in [0.29, 0.717) is 6.42 Å². The second-order valence-electron chi connectivity index (χ2n) is 7.15. The number of hydrogen-bond acceptors (Lipinski definition) is 4. The van der Waals surface area contributed by atoms with Crippen molar-refractivity contribution < 1.29 is 9.59 Å². The Balaban J connectivity index is 1.45. The molecule has 0 unspecified atom stereocenters. The Kier molecular flexibility index (Phi) is 4.96. The van der Waals surface area contributed by atoms with Gasteiger partial charge in [-0.1, -0.05) is 60.7 Å². The highest BCUT2D eigenvalue weighted by Crippen LogP contribution is 2.27. The highest BCUT2D eigenvalue weighted by molar-refractivity contribution is 7.13. The number of thiazole rings is 1. The van der Waals surface area contributed by atoms with E-state index in [2.05, 4.69) is 10.3 Å². The molecular weight excluding hydrogens is 370 g/mol. The zero-order chi connectivity index (χ0) is 19.6. The molecule has 1 saturated heterocycles. The summed E-state index contributed by atoms with van der Waals surface area (Å²) in [5, 5.41) is 5.66. The van der Waals surface area contributed by atoms with Gasteiger partial charge in [-0.2, -0.15) is 0 Å². The van der Waals surface area contributed by atoms with E-state index in [-0.39, 0.29) is 18.5 Å². The minimum atomic E-state index is -0.884. The van der Waals surface area contributed by atoms with E-state index in [0.717, 1.165) is 28.2 Å². The Labute approximate surface area is 168 Å². The van der Waals surface area contributed by atoms with Gasteiger partial charge in [0.25, 0.3) is 5.91 Å². The Bertz CT molecular complexity index is 987. The van der Waals surface area contributed by atoms with Crippen molar-refractivity contribution in [2.24, 2.45) is 0 Å². The van der Waals surface area contributed by atoms with E-state index in [1.54, 1.807) is 6.92 Å². The van der Waals surface area contributed by atoms with Crippen molar-refractivity contribution >= 4 is 23.3 Å². The number of carbonyl (C=O) groups excluding carboxylic acids is 2. The number of rotatable bonds is 6. The van der Waals surface area contributed by atoms with Gasteiger partial charge in [0.2, 0.25) is 0 Å². The van der Waals surface area contributed by atoms with Crippen LogP contribution in [0.1, 0.15) is 24.6 Å². The maximum absolute atomic E-state index is 13.0. The summed E-state index contributed by atoms with van der Waals surface area (Å²) in [7, 11) is 0. The molecule has 1 atom stereocenters. The first-order valence-electron chi connectivity index (χ1n) is 9.23. The first kappa shape index (κ1) is 18.4. The summed E-state index contributed by atoms with van der Waals surface area (Å²) in [5.74, 6) is -0.192. The number of aromatic nitrogens is 1. The van der Waals surface area contributed by atoms with Gasteiger partial charge in [0, 0.05) is 10.9 Å². The Hall–Kier alpha value is -2.99. The van der Waals surface area contributed by atoms with E-state index < -0.39 is 5.54 Å². The summed E-state index contributed by atoms with van der Waals surface area (Å²) < 4.78 is 0. The van der Waals surface area contributed by atoms with E-state index in [4.69, 9.17) is 0 Å². The number of nitrogens with zero attached hydrogens (tertiary/aromatic N) is 2. The van der Waals surface area contributed by atoms with Crippen LogP contribution in [-0.2, 0) is 17.8 Å². The Morgan fingerprint density at radius 3 is 2.43 bits per heavy atom. The van der Waals surface area contributed by atoms with Crippen LogP contribution in [0.4, 0.5) is 4.79 Å². The number of benzene rings is 2. The molecule has 1 aromatic heterocycles. The van der Waals surface area contributed by atoms with Gasteiger partial charge in [-0.25, -0.2) is 9.78 Å². The summed E-state index contributed by atoms with van der Waals surface area (Å²) in [5.41, 5.74) is 2.02. The number of hydrogen-bond donors (Lipinski definition) is 1. The normalized spacial score (nSPS) is 19.1.